The molecule has 0 amide bonds. The first kappa shape index (κ1) is 23.2. The van der Waals surface area contributed by atoms with Crippen LogP contribution < -0.4 is 14.2 Å². The molecular weight excluding hydrogens is 460 g/mol. The summed E-state index contributed by atoms with van der Waals surface area (Å²) in [6.45, 7) is 0.405. The summed E-state index contributed by atoms with van der Waals surface area (Å²) in [5.41, 5.74) is 3.43. The molecule has 0 radical (unpaired) electrons. The molecule has 1 aliphatic rings. The van der Waals surface area contributed by atoms with E-state index in [0.717, 1.165) is 5.56 Å². The second-order valence-electron chi connectivity index (χ2n) is 8.37. The average molecular weight is 485 g/mol. The fourth-order valence-electron chi connectivity index (χ4n) is 4.85. The van der Waals surface area contributed by atoms with E-state index in [2.05, 4.69) is 0 Å². The van der Waals surface area contributed by atoms with Crippen molar-refractivity contribution in [3.05, 3.63) is 93.7 Å². The van der Waals surface area contributed by atoms with Gasteiger partial charge in [0, 0.05) is 17.7 Å². The summed E-state index contributed by atoms with van der Waals surface area (Å²) in [6, 6.07) is 19.4. The van der Waals surface area contributed by atoms with E-state index in [4.69, 9.17) is 14.2 Å². The highest BCUT2D eigenvalue weighted by atomic mass is 16.6. The van der Waals surface area contributed by atoms with Gasteiger partial charge in [-0.15, -0.1) is 0 Å². The van der Waals surface area contributed by atoms with E-state index < -0.39 is 4.92 Å². The third kappa shape index (κ3) is 3.67. The largest absolute Gasteiger partial charge is 0.497 e. The van der Waals surface area contributed by atoms with Crippen LogP contribution in [-0.2, 0) is 13.0 Å². The molecule has 0 spiro atoms. The zero-order chi connectivity index (χ0) is 25.4. The number of aryl methyl sites for hydroxylation is 1. The van der Waals surface area contributed by atoms with Crippen molar-refractivity contribution < 1.29 is 23.9 Å². The lowest BCUT2D eigenvalue weighted by Gasteiger charge is -2.22. The molecule has 5 rings (SSSR count). The number of ketones is 1. The van der Waals surface area contributed by atoms with Crippen LogP contribution in [0.1, 0.15) is 21.6 Å². The lowest BCUT2D eigenvalue weighted by atomic mass is 9.95. The molecule has 4 aromatic rings. The molecule has 182 valence electrons. The molecule has 0 atom stereocenters. The Kier molecular flexibility index (Phi) is 5.93. The van der Waals surface area contributed by atoms with Gasteiger partial charge >= 0.3 is 5.69 Å². The van der Waals surface area contributed by atoms with Crippen LogP contribution in [0.15, 0.2) is 66.7 Å². The highest BCUT2D eigenvalue weighted by molar-refractivity contribution is 6.15. The van der Waals surface area contributed by atoms with Crippen molar-refractivity contribution in [3.8, 4) is 39.6 Å². The molecule has 36 heavy (non-hydrogen) atoms. The summed E-state index contributed by atoms with van der Waals surface area (Å²) in [5.74, 6) is 1.34. The number of benzene rings is 3. The zero-order valence-electron chi connectivity index (χ0n) is 20.1. The van der Waals surface area contributed by atoms with E-state index in [-0.39, 0.29) is 17.2 Å². The Labute approximate surface area is 207 Å². The van der Waals surface area contributed by atoms with Crippen LogP contribution >= 0.6 is 0 Å². The maximum atomic E-state index is 14.0. The Morgan fingerprint density at radius 2 is 1.58 bits per heavy atom. The first-order chi connectivity index (χ1) is 17.5. The quantitative estimate of drug-likeness (QED) is 0.194. The van der Waals surface area contributed by atoms with E-state index in [1.807, 2.05) is 12.1 Å². The minimum atomic E-state index is -0.398. The highest BCUT2D eigenvalue weighted by Gasteiger charge is 2.38. The fourth-order valence-corrected chi connectivity index (χ4v) is 4.85. The van der Waals surface area contributed by atoms with E-state index in [0.29, 0.717) is 58.2 Å². The van der Waals surface area contributed by atoms with Gasteiger partial charge in [-0.3, -0.25) is 14.9 Å². The predicted molar refractivity (Wildman–Crippen MR) is 135 cm³/mol. The Hall–Kier alpha value is -4.59. The molecule has 0 fully saturated rings. The molecule has 0 saturated carbocycles. The standard InChI is InChI=1S/C28H24N2O6/c1-34-20-11-9-18(10-12-20)28(31)27-24(17-7-5-4-6-8-17)26(30(32)33)25-21-16-23(36-3)22(35-2)15-19(21)13-14-29(25)27/h4-12,15-16H,13-14H2,1-3H3. The molecule has 0 bridgehead atoms. The van der Waals surface area contributed by atoms with Gasteiger partial charge in [0.2, 0.25) is 5.78 Å². The number of hydrogen-bond donors (Lipinski definition) is 0. The van der Waals surface area contributed by atoms with Gasteiger partial charge in [-0.05, 0) is 53.9 Å². The lowest BCUT2D eigenvalue weighted by molar-refractivity contribution is -0.383. The van der Waals surface area contributed by atoms with E-state index in [9.17, 15) is 14.9 Å². The van der Waals surface area contributed by atoms with Crippen LogP contribution in [0.4, 0.5) is 5.69 Å². The van der Waals surface area contributed by atoms with Gasteiger partial charge in [0.05, 0.1) is 31.8 Å². The number of fused-ring (bicyclic) bond motifs is 3. The Morgan fingerprint density at radius 1 is 0.917 bits per heavy atom. The van der Waals surface area contributed by atoms with Gasteiger partial charge in [-0.25, -0.2) is 0 Å². The molecule has 0 aliphatic carbocycles. The van der Waals surface area contributed by atoms with Crippen molar-refractivity contribution in [2.45, 2.75) is 13.0 Å². The second-order valence-corrected chi connectivity index (χ2v) is 8.37. The van der Waals surface area contributed by atoms with Gasteiger partial charge in [0.15, 0.2) is 11.5 Å². The first-order valence-electron chi connectivity index (χ1n) is 11.4. The number of hydrogen-bond acceptors (Lipinski definition) is 6. The Morgan fingerprint density at radius 3 is 2.19 bits per heavy atom. The second kappa shape index (κ2) is 9.22. The first-order valence-corrected chi connectivity index (χ1v) is 11.4. The summed E-state index contributed by atoms with van der Waals surface area (Å²) >= 11 is 0. The van der Waals surface area contributed by atoms with Crippen LogP contribution in [0.5, 0.6) is 17.2 Å². The average Bonchev–Trinajstić information content (AvgIpc) is 3.28. The molecule has 8 heteroatoms. The number of nitro groups is 1. The minimum absolute atomic E-state index is 0.105. The van der Waals surface area contributed by atoms with Crippen molar-refractivity contribution in [3.63, 3.8) is 0 Å². The molecule has 0 saturated heterocycles. The number of nitrogens with zero attached hydrogens (tertiary/aromatic N) is 2. The van der Waals surface area contributed by atoms with Gasteiger partial charge in [-0.1, -0.05) is 30.3 Å². The molecule has 1 aliphatic heterocycles. The van der Waals surface area contributed by atoms with E-state index in [1.165, 1.54) is 7.11 Å². The van der Waals surface area contributed by atoms with Gasteiger partial charge in [0.25, 0.3) is 0 Å². The lowest BCUT2D eigenvalue weighted by Crippen LogP contribution is -2.17. The normalized spacial score (nSPS) is 11.9. The molecule has 3 aromatic carbocycles. The Bertz CT molecular complexity index is 1470. The van der Waals surface area contributed by atoms with Crippen molar-refractivity contribution in [1.29, 1.82) is 0 Å². The van der Waals surface area contributed by atoms with E-state index in [1.54, 1.807) is 73.4 Å². The highest BCUT2D eigenvalue weighted by Crippen LogP contribution is 2.49. The monoisotopic (exact) mass is 484 g/mol. The maximum absolute atomic E-state index is 14.0. The number of aromatic nitrogens is 1. The third-order valence-corrected chi connectivity index (χ3v) is 6.52. The van der Waals surface area contributed by atoms with Gasteiger partial charge < -0.3 is 18.8 Å². The van der Waals surface area contributed by atoms with Crippen molar-refractivity contribution >= 4 is 11.5 Å². The summed E-state index contributed by atoms with van der Waals surface area (Å²) in [7, 11) is 4.63. The smallest absolute Gasteiger partial charge is 0.303 e. The van der Waals surface area contributed by atoms with Gasteiger partial charge in [-0.2, -0.15) is 0 Å². The predicted octanol–water partition coefficient (Wildman–Crippen LogP) is 5.54. The molecule has 2 heterocycles. The maximum Gasteiger partial charge on any atom is 0.303 e. The number of rotatable bonds is 7. The summed E-state index contributed by atoms with van der Waals surface area (Å²) < 4.78 is 18.0. The van der Waals surface area contributed by atoms with Crippen LogP contribution in [0.3, 0.4) is 0 Å². The molecule has 8 nitrogen and oxygen atoms in total. The van der Waals surface area contributed by atoms with Crippen molar-refractivity contribution in [2.75, 3.05) is 21.3 Å². The number of ether oxygens (including phenoxy) is 3. The number of carbonyl (C=O) groups excluding carboxylic acids is 1. The zero-order valence-corrected chi connectivity index (χ0v) is 20.1. The fraction of sp³-hybridized carbons (Fsp3) is 0.179. The topological polar surface area (TPSA) is 92.8 Å². The third-order valence-electron chi connectivity index (χ3n) is 6.52. The van der Waals surface area contributed by atoms with Crippen LogP contribution in [0, 0.1) is 10.1 Å². The minimum Gasteiger partial charge on any atom is -0.497 e. The van der Waals surface area contributed by atoms with Crippen LogP contribution in [-0.4, -0.2) is 36.6 Å². The molecule has 1 aromatic heterocycles. The van der Waals surface area contributed by atoms with Crippen molar-refractivity contribution in [2.24, 2.45) is 0 Å². The summed E-state index contributed by atoms with van der Waals surface area (Å²) in [5, 5.41) is 12.6. The molecule has 0 unspecified atom stereocenters. The van der Waals surface area contributed by atoms with Crippen molar-refractivity contribution in [1.82, 2.24) is 4.57 Å². The Balaban J connectivity index is 1.84. The van der Waals surface area contributed by atoms with Gasteiger partial charge in [0.1, 0.15) is 17.1 Å². The number of methoxy groups -OCH3 is 3. The molecular formula is C28H24N2O6. The number of carbonyl (C=O) groups is 1. The van der Waals surface area contributed by atoms with Crippen LogP contribution in [0.25, 0.3) is 22.4 Å². The molecule has 0 N–H and O–H groups in total. The summed E-state index contributed by atoms with van der Waals surface area (Å²) in [4.78, 5) is 26.2. The summed E-state index contributed by atoms with van der Waals surface area (Å²) in [6.07, 6.45) is 0.575. The van der Waals surface area contributed by atoms with E-state index >= 15 is 0 Å². The van der Waals surface area contributed by atoms with Crippen LogP contribution in [0.2, 0.25) is 0 Å². The SMILES string of the molecule is COc1ccc(C(=O)c2c(-c3ccccc3)c([N+](=O)[O-])c3n2CCc2cc(OC)c(OC)cc2-3)cc1.